The van der Waals surface area contributed by atoms with Gasteiger partial charge in [0.1, 0.15) is 5.76 Å². The molecule has 6 nitrogen and oxygen atoms in total. The lowest BCUT2D eigenvalue weighted by Gasteiger charge is -2.22. The SMILES string of the molecule is Cc1ccc([C@@H](C[N+](=O)[O-])C2=C(O)c3ccccc3C(=O)C2=O)cc1. The van der Waals surface area contributed by atoms with Gasteiger partial charge in [0.05, 0.1) is 11.5 Å². The van der Waals surface area contributed by atoms with Crippen molar-refractivity contribution in [3.05, 3.63) is 86.5 Å². The van der Waals surface area contributed by atoms with Crippen LogP contribution in [0.3, 0.4) is 0 Å². The highest BCUT2D eigenvalue weighted by Gasteiger charge is 2.39. The molecule has 0 heterocycles. The van der Waals surface area contributed by atoms with Crippen molar-refractivity contribution < 1.29 is 19.6 Å². The Morgan fingerprint density at radius 1 is 1.00 bits per heavy atom. The van der Waals surface area contributed by atoms with Gasteiger partial charge in [-0.2, -0.15) is 0 Å². The van der Waals surface area contributed by atoms with E-state index in [4.69, 9.17) is 0 Å². The van der Waals surface area contributed by atoms with E-state index in [0.717, 1.165) is 5.56 Å². The van der Waals surface area contributed by atoms with E-state index in [1.807, 2.05) is 6.92 Å². The number of aryl methyl sites for hydroxylation is 1. The van der Waals surface area contributed by atoms with Crippen LogP contribution in [0.2, 0.25) is 0 Å². The van der Waals surface area contributed by atoms with Crippen molar-refractivity contribution in [1.82, 2.24) is 0 Å². The number of hydrogen-bond donors (Lipinski definition) is 1. The van der Waals surface area contributed by atoms with Gasteiger partial charge in [0, 0.05) is 16.1 Å². The molecule has 3 rings (SSSR count). The molecule has 0 saturated carbocycles. The number of carbonyl (C=O) groups is 2. The number of hydrogen-bond acceptors (Lipinski definition) is 5. The Bertz CT molecular complexity index is 912. The number of carbonyl (C=O) groups excluding carboxylic acids is 2. The zero-order valence-electron chi connectivity index (χ0n) is 13.4. The third-order valence-corrected chi connectivity index (χ3v) is 4.29. The van der Waals surface area contributed by atoms with Crippen molar-refractivity contribution in [3.63, 3.8) is 0 Å². The number of nitro groups is 1. The standard InChI is InChI=1S/C19H15NO5/c1-11-6-8-12(9-7-11)15(10-20(24)25)16-17(21)13-4-2-3-5-14(13)18(22)19(16)23/h2-9,15,21H,10H2,1H3/t15-/m1/s1. The van der Waals surface area contributed by atoms with E-state index in [2.05, 4.69) is 0 Å². The highest BCUT2D eigenvalue weighted by molar-refractivity contribution is 6.52. The summed E-state index contributed by atoms with van der Waals surface area (Å²) in [5.74, 6) is -3.03. The van der Waals surface area contributed by atoms with E-state index < -0.39 is 29.0 Å². The minimum absolute atomic E-state index is 0.109. The van der Waals surface area contributed by atoms with Crippen LogP contribution < -0.4 is 0 Å². The predicted molar refractivity (Wildman–Crippen MR) is 91.1 cm³/mol. The molecular weight excluding hydrogens is 322 g/mol. The quantitative estimate of drug-likeness (QED) is 0.525. The average Bonchev–Trinajstić information content (AvgIpc) is 2.59. The Hall–Kier alpha value is -3.28. The molecule has 1 atom stereocenters. The summed E-state index contributed by atoms with van der Waals surface area (Å²) < 4.78 is 0. The van der Waals surface area contributed by atoms with Crippen molar-refractivity contribution in [2.45, 2.75) is 12.8 Å². The summed E-state index contributed by atoms with van der Waals surface area (Å²) in [6, 6.07) is 13.1. The smallest absolute Gasteiger partial charge is 0.234 e. The Kier molecular flexibility index (Phi) is 4.19. The van der Waals surface area contributed by atoms with E-state index in [-0.39, 0.29) is 22.5 Å². The predicted octanol–water partition coefficient (Wildman–Crippen LogP) is 3.09. The van der Waals surface area contributed by atoms with Gasteiger partial charge in [0.25, 0.3) is 0 Å². The maximum Gasteiger partial charge on any atom is 0.234 e. The van der Waals surface area contributed by atoms with Crippen LogP contribution in [0.15, 0.2) is 54.1 Å². The molecule has 0 saturated heterocycles. The zero-order chi connectivity index (χ0) is 18.1. The summed E-state index contributed by atoms with van der Waals surface area (Å²) in [5.41, 5.74) is 1.58. The molecule has 2 aromatic carbocycles. The summed E-state index contributed by atoms with van der Waals surface area (Å²) in [7, 11) is 0. The lowest BCUT2D eigenvalue weighted by Crippen LogP contribution is -2.30. The van der Waals surface area contributed by atoms with Crippen molar-refractivity contribution in [3.8, 4) is 0 Å². The summed E-state index contributed by atoms with van der Waals surface area (Å²) >= 11 is 0. The molecule has 0 aromatic heterocycles. The second kappa shape index (κ2) is 6.32. The molecule has 0 aliphatic heterocycles. The maximum atomic E-state index is 12.6. The Labute approximate surface area is 143 Å². The average molecular weight is 337 g/mol. The van der Waals surface area contributed by atoms with Gasteiger partial charge in [0.2, 0.25) is 18.1 Å². The van der Waals surface area contributed by atoms with Crippen LogP contribution in [0.25, 0.3) is 5.76 Å². The molecule has 0 amide bonds. The molecule has 126 valence electrons. The summed E-state index contributed by atoms with van der Waals surface area (Å²) in [6.07, 6.45) is 0. The lowest BCUT2D eigenvalue weighted by molar-refractivity contribution is -0.481. The molecule has 0 fully saturated rings. The normalized spacial score (nSPS) is 15.1. The van der Waals surface area contributed by atoms with Crippen LogP contribution in [0.5, 0.6) is 0 Å². The monoisotopic (exact) mass is 337 g/mol. The summed E-state index contributed by atoms with van der Waals surface area (Å²) in [4.78, 5) is 35.5. The van der Waals surface area contributed by atoms with Crippen molar-refractivity contribution in [2.24, 2.45) is 0 Å². The number of nitrogens with zero attached hydrogens (tertiary/aromatic N) is 1. The number of Topliss-reactive ketones (excluding diaryl/α,β-unsaturated/α-hetero) is 2. The van der Waals surface area contributed by atoms with Crippen LogP contribution in [-0.2, 0) is 4.79 Å². The van der Waals surface area contributed by atoms with Gasteiger partial charge in [-0.15, -0.1) is 0 Å². The molecule has 0 unspecified atom stereocenters. The highest BCUT2D eigenvalue weighted by Crippen LogP contribution is 2.36. The molecule has 6 heteroatoms. The molecule has 25 heavy (non-hydrogen) atoms. The van der Waals surface area contributed by atoms with Crippen LogP contribution in [0.1, 0.15) is 33.0 Å². The highest BCUT2D eigenvalue weighted by atomic mass is 16.6. The lowest BCUT2D eigenvalue weighted by atomic mass is 9.79. The summed E-state index contributed by atoms with van der Waals surface area (Å²) in [5, 5.41) is 21.7. The van der Waals surface area contributed by atoms with E-state index in [1.165, 1.54) is 12.1 Å². The number of ketones is 2. The number of aliphatic hydroxyl groups excluding tert-OH is 1. The third-order valence-electron chi connectivity index (χ3n) is 4.29. The van der Waals surface area contributed by atoms with Crippen LogP contribution in [0, 0.1) is 17.0 Å². The molecule has 0 radical (unpaired) electrons. The first-order valence-corrected chi connectivity index (χ1v) is 7.70. The number of fused-ring (bicyclic) bond motifs is 1. The second-order valence-corrected chi connectivity index (χ2v) is 5.94. The molecule has 0 spiro atoms. The van der Waals surface area contributed by atoms with Crippen molar-refractivity contribution in [2.75, 3.05) is 6.54 Å². The van der Waals surface area contributed by atoms with Gasteiger partial charge in [-0.05, 0) is 12.5 Å². The molecule has 0 bridgehead atoms. The van der Waals surface area contributed by atoms with Crippen molar-refractivity contribution in [1.29, 1.82) is 0 Å². The number of benzene rings is 2. The minimum atomic E-state index is -1.000. The maximum absolute atomic E-state index is 12.6. The fourth-order valence-corrected chi connectivity index (χ4v) is 3.02. The van der Waals surface area contributed by atoms with Gasteiger partial charge in [-0.25, -0.2) is 0 Å². The first-order chi connectivity index (χ1) is 11.9. The van der Waals surface area contributed by atoms with E-state index in [0.29, 0.717) is 5.56 Å². The number of aliphatic hydroxyl groups is 1. The fraction of sp³-hybridized carbons (Fsp3) is 0.158. The van der Waals surface area contributed by atoms with Gasteiger partial charge < -0.3 is 5.11 Å². The van der Waals surface area contributed by atoms with Crippen LogP contribution in [-0.4, -0.2) is 28.1 Å². The van der Waals surface area contributed by atoms with Gasteiger partial charge in [0.15, 0.2) is 0 Å². The second-order valence-electron chi connectivity index (χ2n) is 5.94. The van der Waals surface area contributed by atoms with E-state index in [1.54, 1.807) is 36.4 Å². The topological polar surface area (TPSA) is 97.5 Å². The van der Waals surface area contributed by atoms with E-state index in [9.17, 15) is 24.8 Å². The van der Waals surface area contributed by atoms with Crippen LogP contribution >= 0.6 is 0 Å². The Morgan fingerprint density at radius 2 is 1.60 bits per heavy atom. The fourth-order valence-electron chi connectivity index (χ4n) is 3.02. The van der Waals surface area contributed by atoms with Gasteiger partial charge >= 0.3 is 0 Å². The first kappa shape index (κ1) is 16.6. The first-order valence-electron chi connectivity index (χ1n) is 7.70. The molecule has 2 aromatic rings. The zero-order valence-corrected chi connectivity index (χ0v) is 13.4. The number of rotatable bonds is 4. The van der Waals surface area contributed by atoms with Gasteiger partial charge in [-0.3, -0.25) is 19.7 Å². The van der Waals surface area contributed by atoms with Gasteiger partial charge in [-0.1, -0.05) is 54.1 Å². The third kappa shape index (κ3) is 2.94. The Balaban J connectivity index is 2.20. The summed E-state index contributed by atoms with van der Waals surface area (Å²) in [6.45, 7) is 1.28. The molecular formula is C19H15NO5. The van der Waals surface area contributed by atoms with Crippen LogP contribution in [0.4, 0.5) is 0 Å². The van der Waals surface area contributed by atoms with Crippen molar-refractivity contribution >= 4 is 17.3 Å². The molecule has 1 N–H and O–H groups in total. The largest absolute Gasteiger partial charge is 0.507 e. The molecule has 1 aliphatic rings. The van der Waals surface area contributed by atoms with E-state index >= 15 is 0 Å². The minimum Gasteiger partial charge on any atom is -0.507 e. The molecule has 1 aliphatic carbocycles. The Morgan fingerprint density at radius 3 is 2.20 bits per heavy atom.